The Hall–Kier alpha value is -1.47. The van der Waals surface area contributed by atoms with Crippen LogP contribution in [0.25, 0.3) is 0 Å². The highest BCUT2D eigenvalue weighted by Crippen LogP contribution is 2.14. The summed E-state index contributed by atoms with van der Waals surface area (Å²) in [6.45, 7) is 1.46. The molecule has 0 amide bonds. The second kappa shape index (κ2) is 6.63. The van der Waals surface area contributed by atoms with Gasteiger partial charge in [0.1, 0.15) is 0 Å². The van der Waals surface area contributed by atoms with Crippen LogP contribution in [-0.2, 0) is 16.0 Å². The van der Waals surface area contributed by atoms with Crippen LogP contribution in [-0.4, -0.2) is 40.4 Å². The van der Waals surface area contributed by atoms with Crippen LogP contribution < -0.4 is 0 Å². The zero-order chi connectivity index (χ0) is 13.7. The van der Waals surface area contributed by atoms with Gasteiger partial charge in [-0.25, -0.2) is 9.18 Å². The Morgan fingerprint density at radius 3 is 3.16 bits per heavy atom. The minimum atomic E-state index is -1.31. The van der Waals surface area contributed by atoms with Gasteiger partial charge < -0.3 is 14.6 Å². The van der Waals surface area contributed by atoms with Gasteiger partial charge >= 0.3 is 5.97 Å². The lowest BCUT2D eigenvalue weighted by atomic mass is 10.2. The van der Waals surface area contributed by atoms with Gasteiger partial charge in [0.05, 0.1) is 12.8 Å². The van der Waals surface area contributed by atoms with E-state index in [-0.39, 0.29) is 6.29 Å². The summed E-state index contributed by atoms with van der Waals surface area (Å²) in [6, 6.07) is 0. The van der Waals surface area contributed by atoms with Crippen LogP contribution in [0.2, 0.25) is 0 Å². The van der Waals surface area contributed by atoms with E-state index in [2.05, 4.69) is 5.10 Å². The number of hydrogen-bond acceptors (Lipinski definition) is 4. The van der Waals surface area contributed by atoms with E-state index in [1.54, 1.807) is 0 Å². The van der Waals surface area contributed by atoms with Crippen LogP contribution in [0.5, 0.6) is 0 Å². The Bertz CT molecular complexity index is 429. The van der Waals surface area contributed by atoms with Crippen LogP contribution in [0.3, 0.4) is 0 Å². The number of carboxylic acids is 1. The molecule has 0 bridgehead atoms. The number of nitrogens with zero attached hydrogens (tertiary/aromatic N) is 2. The van der Waals surface area contributed by atoms with Crippen molar-refractivity contribution in [2.24, 2.45) is 0 Å². The van der Waals surface area contributed by atoms with Crippen molar-refractivity contribution in [1.82, 2.24) is 9.78 Å². The minimum absolute atomic E-state index is 0.165. The first-order valence-corrected chi connectivity index (χ1v) is 6.36. The molecule has 1 aromatic rings. The molecule has 2 rings (SSSR count). The van der Waals surface area contributed by atoms with Gasteiger partial charge in [-0.3, -0.25) is 4.68 Å². The largest absolute Gasteiger partial charge is 0.476 e. The smallest absolute Gasteiger partial charge is 0.357 e. The Labute approximate surface area is 110 Å². The number of hydrogen-bond donors (Lipinski definition) is 1. The third kappa shape index (κ3) is 3.74. The number of aryl methyl sites for hydroxylation is 1. The van der Waals surface area contributed by atoms with Crippen molar-refractivity contribution in [1.29, 1.82) is 0 Å². The van der Waals surface area contributed by atoms with Crippen LogP contribution in [0.4, 0.5) is 4.39 Å². The standard InChI is InChI=1S/C12H17FN2O4/c13-9-8-14-15(11(9)12(16)17)5-3-7-19-10-4-1-2-6-18-10/h8,10H,1-7H2,(H,16,17). The lowest BCUT2D eigenvalue weighted by molar-refractivity contribution is -0.163. The molecule has 1 fully saturated rings. The van der Waals surface area contributed by atoms with E-state index in [1.807, 2.05) is 0 Å². The van der Waals surface area contributed by atoms with Crippen LogP contribution in [0.1, 0.15) is 36.2 Å². The van der Waals surface area contributed by atoms with E-state index in [0.29, 0.717) is 19.6 Å². The van der Waals surface area contributed by atoms with Crippen molar-refractivity contribution in [2.45, 2.75) is 38.5 Å². The number of halogens is 1. The molecule has 0 spiro atoms. The maximum absolute atomic E-state index is 13.1. The van der Waals surface area contributed by atoms with Gasteiger partial charge in [0, 0.05) is 13.2 Å². The molecule has 19 heavy (non-hydrogen) atoms. The summed E-state index contributed by atoms with van der Waals surface area (Å²) in [7, 11) is 0. The van der Waals surface area contributed by atoms with Gasteiger partial charge in [-0.15, -0.1) is 0 Å². The van der Waals surface area contributed by atoms with E-state index in [1.165, 1.54) is 0 Å². The second-order valence-electron chi connectivity index (χ2n) is 4.39. The van der Waals surface area contributed by atoms with E-state index in [9.17, 15) is 9.18 Å². The zero-order valence-corrected chi connectivity index (χ0v) is 10.5. The first-order chi connectivity index (χ1) is 9.18. The fraction of sp³-hybridized carbons (Fsp3) is 0.667. The summed E-state index contributed by atoms with van der Waals surface area (Å²) >= 11 is 0. The second-order valence-corrected chi connectivity index (χ2v) is 4.39. The Morgan fingerprint density at radius 1 is 1.63 bits per heavy atom. The highest BCUT2D eigenvalue weighted by Gasteiger charge is 2.18. The van der Waals surface area contributed by atoms with Gasteiger partial charge in [-0.2, -0.15) is 5.10 Å². The Kier molecular flexibility index (Phi) is 4.86. The topological polar surface area (TPSA) is 73.6 Å². The SMILES string of the molecule is O=C(O)c1c(F)cnn1CCCOC1CCCCO1. The molecule has 1 aliphatic rings. The Balaban J connectivity index is 1.75. The summed E-state index contributed by atoms with van der Waals surface area (Å²) in [6.07, 6.45) is 4.35. The van der Waals surface area contributed by atoms with Crippen LogP contribution in [0, 0.1) is 5.82 Å². The van der Waals surface area contributed by atoms with Gasteiger partial charge in [-0.05, 0) is 25.7 Å². The molecular weight excluding hydrogens is 255 g/mol. The molecule has 1 atom stereocenters. The summed E-state index contributed by atoms with van der Waals surface area (Å²) in [4.78, 5) is 10.8. The van der Waals surface area contributed by atoms with Crippen molar-refractivity contribution in [3.63, 3.8) is 0 Å². The average Bonchev–Trinajstić information content (AvgIpc) is 2.77. The molecule has 6 nitrogen and oxygen atoms in total. The molecule has 1 saturated heterocycles. The third-order valence-corrected chi connectivity index (χ3v) is 2.95. The molecular formula is C12H17FN2O4. The molecule has 1 unspecified atom stereocenters. The van der Waals surface area contributed by atoms with Gasteiger partial charge in [0.2, 0.25) is 0 Å². The maximum atomic E-state index is 13.1. The van der Waals surface area contributed by atoms with Crippen molar-refractivity contribution < 1.29 is 23.8 Å². The van der Waals surface area contributed by atoms with Crippen LogP contribution in [0.15, 0.2) is 6.20 Å². The van der Waals surface area contributed by atoms with E-state index in [4.69, 9.17) is 14.6 Å². The van der Waals surface area contributed by atoms with Gasteiger partial charge in [-0.1, -0.05) is 0 Å². The van der Waals surface area contributed by atoms with Crippen molar-refractivity contribution in [2.75, 3.05) is 13.2 Å². The molecule has 0 radical (unpaired) electrons. The highest BCUT2D eigenvalue weighted by molar-refractivity contribution is 5.85. The van der Waals surface area contributed by atoms with Gasteiger partial charge in [0.25, 0.3) is 0 Å². The maximum Gasteiger partial charge on any atom is 0.357 e. The van der Waals surface area contributed by atoms with E-state index >= 15 is 0 Å². The van der Waals surface area contributed by atoms with Gasteiger partial charge in [0.15, 0.2) is 17.8 Å². The summed E-state index contributed by atoms with van der Waals surface area (Å²) in [5, 5.41) is 12.5. The quantitative estimate of drug-likeness (QED) is 0.797. The number of rotatable bonds is 6. The number of aromatic carboxylic acids is 1. The zero-order valence-electron chi connectivity index (χ0n) is 10.5. The molecule has 0 aromatic carbocycles. The molecule has 0 aliphatic carbocycles. The predicted octanol–water partition coefficient (Wildman–Crippen LogP) is 1.65. The number of aromatic nitrogens is 2. The van der Waals surface area contributed by atoms with Crippen molar-refractivity contribution in [3.8, 4) is 0 Å². The first kappa shape index (κ1) is 14.0. The fourth-order valence-electron chi connectivity index (χ4n) is 2.02. The third-order valence-electron chi connectivity index (χ3n) is 2.95. The summed E-state index contributed by atoms with van der Waals surface area (Å²) in [5.74, 6) is -2.13. The minimum Gasteiger partial charge on any atom is -0.476 e. The lowest BCUT2D eigenvalue weighted by Gasteiger charge is -2.22. The summed E-state index contributed by atoms with van der Waals surface area (Å²) in [5.41, 5.74) is -0.408. The normalized spacial score (nSPS) is 19.5. The van der Waals surface area contributed by atoms with E-state index < -0.39 is 17.5 Å². The number of ether oxygens (including phenoxy) is 2. The average molecular weight is 272 g/mol. The van der Waals surface area contributed by atoms with Crippen molar-refractivity contribution in [3.05, 3.63) is 17.7 Å². The number of carboxylic acid groups (broad SMARTS) is 1. The molecule has 7 heteroatoms. The molecule has 106 valence electrons. The fourth-order valence-corrected chi connectivity index (χ4v) is 2.02. The molecule has 1 N–H and O–H groups in total. The molecule has 0 saturated carbocycles. The predicted molar refractivity (Wildman–Crippen MR) is 63.3 cm³/mol. The lowest BCUT2D eigenvalue weighted by Crippen LogP contribution is -2.23. The highest BCUT2D eigenvalue weighted by atomic mass is 19.1. The monoisotopic (exact) mass is 272 g/mol. The molecule has 1 aliphatic heterocycles. The first-order valence-electron chi connectivity index (χ1n) is 6.36. The molecule has 2 heterocycles. The van der Waals surface area contributed by atoms with E-state index in [0.717, 1.165) is 36.7 Å². The number of carbonyl (C=O) groups is 1. The summed E-state index contributed by atoms with van der Waals surface area (Å²) < 4.78 is 25.2. The Morgan fingerprint density at radius 2 is 2.47 bits per heavy atom. The molecule has 1 aromatic heterocycles. The van der Waals surface area contributed by atoms with Crippen LogP contribution >= 0.6 is 0 Å². The van der Waals surface area contributed by atoms with Crippen molar-refractivity contribution >= 4 is 5.97 Å².